The summed E-state index contributed by atoms with van der Waals surface area (Å²) in [7, 11) is 0. The largest absolute Gasteiger partial charge is 0.480 e. The van der Waals surface area contributed by atoms with Gasteiger partial charge in [0.25, 0.3) is 5.09 Å². The topological polar surface area (TPSA) is 127 Å². The summed E-state index contributed by atoms with van der Waals surface area (Å²) in [5, 5.41) is 21.5. The van der Waals surface area contributed by atoms with Gasteiger partial charge in [-0.15, -0.1) is 10.1 Å². The van der Waals surface area contributed by atoms with Crippen molar-refractivity contribution >= 4 is 5.97 Å². The molecule has 0 bridgehead atoms. The van der Waals surface area contributed by atoms with Crippen LogP contribution in [0.3, 0.4) is 0 Å². The molecule has 0 heterocycles. The highest BCUT2D eigenvalue weighted by Crippen LogP contribution is 1.68. The normalized spacial score (nSPS) is 10.6. The van der Waals surface area contributed by atoms with Gasteiger partial charge in [-0.25, -0.2) is 0 Å². The second-order valence-electron chi connectivity index (χ2n) is 1.36. The van der Waals surface area contributed by atoms with E-state index in [1.165, 1.54) is 6.92 Å². The third-order valence-electron chi connectivity index (χ3n) is 0.390. The van der Waals surface area contributed by atoms with Gasteiger partial charge in [-0.2, -0.15) is 0 Å². The molecular weight excluding hydrogens is 144 g/mol. The Labute approximate surface area is 56.2 Å². The van der Waals surface area contributed by atoms with Crippen molar-refractivity contribution in [2.45, 2.75) is 13.0 Å². The average Bonchev–Trinajstić information content (AvgIpc) is 1.63. The van der Waals surface area contributed by atoms with Gasteiger partial charge in [0.05, 0.1) is 0 Å². The highest BCUT2D eigenvalue weighted by atomic mass is 16.9. The Balaban J connectivity index is 0. The van der Waals surface area contributed by atoms with Gasteiger partial charge in [0.2, 0.25) is 0 Å². The molecule has 0 aliphatic heterocycles. The van der Waals surface area contributed by atoms with Gasteiger partial charge in [0.15, 0.2) is 0 Å². The average molecular weight is 152 g/mol. The second kappa shape index (κ2) is 5.76. The van der Waals surface area contributed by atoms with Crippen molar-refractivity contribution in [3.8, 4) is 0 Å². The Hall–Kier alpha value is -1.37. The molecule has 0 unspecified atom stereocenters. The van der Waals surface area contributed by atoms with Gasteiger partial charge >= 0.3 is 5.97 Å². The summed E-state index contributed by atoms with van der Waals surface area (Å²) < 4.78 is 0. The monoisotopic (exact) mass is 152 g/mol. The van der Waals surface area contributed by atoms with Crippen LogP contribution in [0.5, 0.6) is 0 Å². The van der Waals surface area contributed by atoms with Crippen molar-refractivity contribution in [2.24, 2.45) is 5.73 Å². The second-order valence-corrected chi connectivity index (χ2v) is 1.36. The van der Waals surface area contributed by atoms with E-state index in [1.807, 2.05) is 0 Å². The van der Waals surface area contributed by atoms with Crippen molar-refractivity contribution in [1.82, 2.24) is 0 Å². The molecule has 0 rings (SSSR count). The van der Waals surface area contributed by atoms with E-state index in [-0.39, 0.29) is 0 Å². The molecule has 1 atom stereocenters. The maximum Gasteiger partial charge on any atom is 0.320 e. The number of aliphatic carboxylic acids is 1. The van der Waals surface area contributed by atoms with Crippen LogP contribution in [0, 0.1) is 10.1 Å². The van der Waals surface area contributed by atoms with E-state index in [1.54, 1.807) is 0 Å². The molecule has 7 heteroatoms. The number of rotatable bonds is 1. The third kappa shape index (κ3) is 30.4. The lowest BCUT2D eigenvalue weighted by atomic mass is 10.4. The lowest BCUT2D eigenvalue weighted by Gasteiger charge is -1.90. The van der Waals surface area contributed by atoms with E-state index >= 15 is 0 Å². The van der Waals surface area contributed by atoms with E-state index in [4.69, 9.17) is 26.2 Å². The Kier molecular flexibility index (Phi) is 6.58. The Morgan fingerprint density at radius 3 is 1.90 bits per heavy atom. The maximum absolute atomic E-state index is 9.57. The van der Waals surface area contributed by atoms with Gasteiger partial charge in [-0.3, -0.25) is 4.79 Å². The predicted octanol–water partition coefficient (Wildman–Crippen LogP) is -0.929. The van der Waals surface area contributed by atoms with Crippen molar-refractivity contribution in [1.29, 1.82) is 0 Å². The summed E-state index contributed by atoms with van der Waals surface area (Å²) in [4.78, 5) is 17.9. The van der Waals surface area contributed by atoms with Crippen LogP contribution in [0.2, 0.25) is 0 Å². The number of carboxylic acids is 1. The molecule has 0 aromatic heterocycles. The summed E-state index contributed by atoms with van der Waals surface area (Å²) in [5.41, 5.74) is 4.84. The van der Waals surface area contributed by atoms with E-state index in [0.717, 1.165) is 0 Å². The van der Waals surface area contributed by atoms with Crippen LogP contribution in [0.1, 0.15) is 6.92 Å². The molecule has 0 saturated heterocycles. The number of carboxylic acid groups (broad SMARTS) is 1. The zero-order valence-corrected chi connectivity index (χ0v) is 5.22. The number of nitrogens with zero attached hydrogens (tertiary/aromatic N) is 1. The van der Waals surface area contributed by atoms with Gasteiger partial charge in [-0.05, 0) is 6.92 Å². The van der Waals surface area contributed by atoms with Gasteiger partial charge in [0.1, 0.15) is 6.04 Å². The molecule has 0 aromatic carbocycles. The number of hydrogen-bond acceptors (Lipinski definition) is 4. The number of hydrogen-bond donors (Lipinski definition) is 3. The zero-order valence-electron chi connectivity index (χ0n) is 5.22. The number of carbonyl (C=O) groups is 1. The molecule has 0 amide bonds. The highest BCUT2D eigenvalue weighted by molar-refractivity contribution is 5.72. The van der Waals surface area contributed by atoms with Gasteiger partial charge in [0, 0.05) is 0 Å². The van der Waals surface area contributed by atoms with E-state index in [2.05, 4.69) is 0 Å². The van der Waals surface area contributed by atoms with Crippen LogP contribution in [-0.4, -0.2) is 27.4 Å². The van der Waals surface area contributed by atoms with Gasteiger partial charge in [-0.1, -0.05) is 0 Å². The smallest absolute Gasteiger partial charge is 0.320 e. The van der Waals surface area contributed by atoms with Crippen LogP contribution in [0.25, 0.3) is 0 Å². The summed E-state index contributed by atoms with van der Waals surface area (Å²) >= 11 is 0. The fraction of sp³-hybridized carbons (Fsp3) is 0.667. The molecule has 0 radical (unpaired) electrons. The Bertz CT molecular complexity index is 118. The summed E-state index contributed by atoms with van der Waals surface area (Å²) in [6.45, 7) is 1.42. The van der Waals surface area contributed by atoms with E-state index < -0.39 is 17.1 Å². The summed E-state index contributed by atoms with van der Waals surface area (Å²) in [6.07, 6.45) is 0. The zero-order chi connectivity index (χ0) is 8.73. The Morgan fingerprint density at radius 2 is 1.90 bits per heavy atom. The maximum atomic E-state index is 9.57. The van der Waals surface area contributed by atoms with Crippen LogP contribution in [0.15, 0.2) is 0 Å². The van der Waals surface area contributed by atoms with Crippen LogP contribution >= 0.6 is 0 Å². The minimum absolute atomic E-state index is 0.731. The molecule has 0 aromatic rings. The molecule has 60 valence electrons. The van der Waals surface area contributed by atoms with Crippen LogP contribution in [-0.2, 0) is 4.79 Å². The number of nitrogens with two attached hydrogens (primary N) is 1. The van der Waals surface area contributed by atoms with Crippen LogP contribution < -0.4 is 5.73 Å². The standard InChI is InChI=1S/C3H7NO2.HNO3/c1-2(4)3(5)6;2-1(3)4/h2H,4H2,1H3,(H,5,6);(H,2,3,4)/t2-;/m0./s1. The summed E-state index contributed by atoms with van der Waals surface area (Å²) in [5.74, 6) is -0.963. The molecule has 0 saturated carbocycles. The Morgan fingerprint density at radius 1 is 1.80 bits per heavy atom. The lowest BCUT2D eigenvalue weighted by molar-refractivity contribution is -0.742. The molecule has 7 nitrogen and oxygen atoms in total. The minimum atomic E-state index is -1.50. The van der Waals surface area contributed by atoms with E-state index in [0.29, 0.717) is 0 Å². The molecule has 4 N–H and O–H groups in total. The first-order valence-corrected chi connectivity index (χ1v) is 2.19. The third-order valence-corrected chi connectivity index (χ3v) is 0.390. The predicted molar refractivity (Wildman–Crippen MR) is 30.1 cm³/mol. The van der Waals surface area contributed by atoms with E-state index in [9.17, 15) is 4.79 Å². The first-order valence-electron chi connectivity index (χ1n) is 2.19. The van der Waals surface area contributed by atoms with Crippen molar-refractivity contribution in [2.75, 3.05) is 0 Å². The molecule has 0 fully saturated rings. The first kappa shape index (κ1) is 11.4. The highest BCUT2D eigenvalue weighted by Gasteiger charge is 1.99. The molecule has 0 aliphatic carbocycles. The first-order chi connectivity index (χ1) is 4.37. The molecule has 0 aliphatic rings. The fourth-order valence-electron chi connectivity index (χ4n) is 0. The fourth-order valence-corrected chi connectivity index (χ4v) is 0. The SMILES string of the molecule is C[C@H](N)C(=O)O.O=[N+]([O-])O. The van der Waals surface area contributed by atoms with Crippen molar-refractivity contribution in [3.05, 3.63) is 10.1 Å². The minimum Gasteiger partial charge on any atom is -0.480 e. The summed E-state index contributed by atoms with van der Waals surface area (Å²) in [6, 6.07) is -0.731. The lowest BCUT2D eigenvalue weighted by Crippen LogP contribution is -2.25. The van der Waals surface area contributed by atoms with Crippen molar-refractivity contribution < 1.29 is 20.2 Å². The molecular formula is C3H8N2O5. The molecule has 0 spiro atoms. The van der Waals surface area contributed by atoms with Crippen LogP contribution in [0.4, 0.5) is 0 Å². The van der Waals surface area contributed by atoms with Gasteiger partial charge < -0.3 is 16.0 Å². The molecule has 10 heavy (non-hydrogen) atoms. The van der Waals surface area contributed by atoms with Crippen molar-refractivity contribution in [3.63, 3.8) is 0 Å². The quantitative estimate of drug-likeness (QED) is 0.329.